The minimum atomic E-state index is -0.743. The second-order valence-electron chi connectivity index (χ2n) is 4.24. The molecule has 1 atom stereocenters. The van der Waals surface area contributed by atoms with Gasteiger partial charge in [-0.2, -0.15) is 0 Å². The fourth-order valence-electron chi connectivity index (χ4n) is 2.24. The zero-order valence-corrected chi connectivity index (χ0v) is 9.17. The summed E-state index contributed by atoms with van der Waals surface area (Å²) < 4.78 is 32.4. The van der Waals surface area contributed by atoms with Crippen LogP contribution in [0.25, 0.3) is 0 Å². The van der Waals surface area contributed by atoms with Gasteiger partial charge in [0.2, 0.25) is 0 Å². The molecule has 1 aliphatic rings. The van der Waals surface area contributed by atoms with E-state index in [0.717, 1.165) is 19.3 Å². The lowest BCUT2D eigenvalue weighted by Gasteiger charge is -2.45. The maximum Gasteiger partial charge on any atom is 0.131 e. The van der Waals surface area contributed by atoms with Crippen LogP contribution < -0.4 is 5.73 Å². The first-order valence-electron chi connectivity index (χ1n) is 5.35. The van der Waals surface area contributed by atoms with Crippen LogP contribution >= 0.6 is 0 Å². The van der Waals surface area contributed by atoms with E-state index in [4.69, 9.17) is 10.5 Å². The van der Waals surface area contributed by atoms with Gasteiger partial charge in [0, 0.05) is 12.7 Å². The van der Waals surface area contributed by atoms with E-state index in [2.05, 4.69) is 0 Å². The molecule has 0 heterocycles. The summed E-state index contributed by atoms with van der Waals surface area (Å²) in [6.07, 6.45) is 2.48. The van der Waals surface area contributed by atoms with Crippen molar-refractivity contribution in [3.05, 3.63) is 35.4 Å². The highest BCUT2D eigenvalue weighted by atomic mass is 19.1. The highest BCUT2D eigenvalue weighted by molar-refractivity contribution is 5.26. The van der Waals surface area contributed by atoms with Crippen LogP contribution in [0.4, 0.5) is 8.78 Å². The van der Waals surface area contributed by atoms with Crippen LogP contribution in [-0.4, -0.2) is 12.7 Å². The number of nitrogens with two attached hydrogens (primary N) is 1. The van der Waals surface area contributed by atoms with Gasteiger partial charge in [-0.1, -0.05) is 6.07 Å². The van der Waals surface area contributed by atoms with Crippen molar-refractivity contribution in [1.29, 1.82) is 0 Å². The first-order valence-corrected chi connectivity index (χ1v) is 5.35. The standard InChI is InChI=1S/C12H15F2NO/c1-16-12(6-3-7-12)11(15)10-8(13)4-2-5-9(10)14/h2,4-5,11H,3,6-7,15H2,1H3. The van der Waals surface area contributed by atoms with Crippen LogP contribution in [0, 0.1) is 11.6 Å². The molecule has 88 valence electrons. The molecule has 2 rings (SSSR count). The average molecular weight is 227 g/mol. The van der Waals surface area contributed by atoms with Crippen LogP contribution in [0.2, 0.25) is 0 Å². The number of hydrogen-bond donors (Lipinski definition) is 1. The molecule has 0 aliphatic heterocycles. The Hall–Kier alpha value is -1.00. The van der Waals surface area contributed by atoms with E-state index in [9.17, 15) is 8.78 Å². The van der Waals surface area contributed by atoms with Gasteiger partial charge in [0.05, 0.1) is 11.6 Å². The quantitative estimate of drug-likeness (QED) is 0.861. The smallest absolute Gasteiger partial charge is 0.131 e. The van der Waals surface area contributed by atoms with Gasteiger partial charge in [-0.3, -0.25) is 0 Å². The minimum Gasteiger partial charge on any atom is -0.376 e. The maximum atomic E-state index is 13.6. The highest BCUT2D eigenvalue weighted by Gasteiger charge is 2.45. The second-order valence-corrected chi connectivity index (χ2v) is 4.24. The summed E-state index contributed by atoms with van der Waals surface area (Å²) in [7, 11) is 1.54. The monoisotopic (exact) mass is 227 g/mol. The van der Waals surface area contributed by atoms with E-state index >= 15 is 0 Å². The third kappa shape index (κ3) is 1.62. The van der Waals surface area contributed by atoms with Crippen molar-refractivity contribution in [2.45, 2.75) is 30.9 Å². The Morgan fingerprint density at radius 3 is 2.25 bits per heavy atom. The SMILES string of the molecule is COC1(C(N)c2c(F)cccc2F)CCC1. The van der Waals surface area contributed by atoms with Crippen molar-refractivity contribution in [3.8, 4) is 0 Å². The fraction of sp³-hybridized carbons (Fsp3) is 0.500. The lowest BCUT2D eigenvalue weighted by molar-refractivity contribution is -0.0924. The molecule has 1 fully saturated rings. The molecule has 1 aliphatic carbocycles. The molecule has 1 unspecified atom stereocenters. The van der Waals surface area contributed by atoms with Crippen molar-refractivity contribution in [2.75, 3.05) is 7.11 Å². The fourth-order valence-corrected chi connectivity index (χ4v) is 2.24. The molecule has 0 aromatic heterocycles. The van der Waals surface area contributed by atoms with Crippen molar-refractivity contribution < 1.29 is 13.5 Å². The highest BCUT2D eigenvalue weighted by Crippen LogP contribution is 2.44. The Morgan fingerprint density at radius 1 is 1.31 bits per heavy atom. The molecule has 1 saturated carbocycles. The Labute approximate surface area is 93.4 Å². The third-order valence-corrected chi connectivity index (χ3v) is 3.48. The number of rotatable bonds is 3. The van der Waals surface area contributed by atoms with Crippen LogP contribution in [0.1, 0.15) is 30.9 Å². The molecule has 0 spiro atoms. The summed E-state index contributed by atoms with van der Waals surface area (Å²) in [6, 6.07) is 3.04. The molecule has 1 aromatic rings. The number of halogens is 2. The van der Waals surface area contributed by atoms with Crippen molar-refractivity contribution >= 4 is 0 Å². The summed E-state index contributed by atoms with van der Waals surface area (Å²) in [5.41, 5.74) is 5.28. The second kappa shape index (κ2) is 4.11. The van der Waals surface area contributed by atoms with Crippen molar-refractivity contribution in [2.24, 2.45) is 5.73 Å². The van der Waals surface area contributed by atoms with E-state index < -0.39 is 23.3 Å². The van der Waals surface area contributed by atoms with Gasteiger partial charge in [0.1, 0.15) is 11.6 Å². The molecule has 16 heavy (non-hydrogen) atoms. The van der Waals surface area contributed by atoms with Gasteiger partial charge >= 0.3 is 0 Å². The summed E-state index contributed by atoms with van der Waals surface area (Å²) in [5, 5.41) is 0. The van der Waals surface area contributed by atoms with E-state index in [1.54, 1.807) is 0 Å². The van der Waals surface area contributed by atoms with Crippen LogP contribution in [0.5, 0.6) is 0 Å². The van der Waals surface area contributed by atoms with Gasteiger partial charge < -0.3 is 10.5 Å². The molecule has 0 saturated heterocycles. The Kier molecular flexibility index (Phi) is 2.95. The van der Waals surface area contributed by atoms with Gasteiger partial charge in [-0.15, -0.1) is 0 Å². The van der Waals surface area contributed by atoms with Gasteiger partial charge in [-0.25, -0.2) is 8.78 Å². The number of methoxy groups -OCH3 is 1. The predicted octanol–water partition coefficient (Wildman–Crippen LogP) is 2.53. The Balaban J connectivity index is 2.36. The van der Waals surface area contributed by atoms with Gasteiger partial charge in [0.25, 0.3) is 0 Å². The normalized spacial score (nSPS) is 20.2. The summed E-state index contributed by atoms with van der Waals surface area (Å²) in [6.45, 7) is 0. The molecule has 0 bridgehead atoms. The van der Waals surface area contributed by atoms with Crippen LogP contribution in [0.3, 0.4) is 0 Å². The molecule has 0 radical (unpaired) electrons. The minimum absolute atomic E-state index is 0.0657. The molecular weight excluding hydrogens is 212 g/mol. The molecule has 0 amide bonds. The summed E-state index contributed by atoms with van der Waals surface area (Å²) in [5.74, 6) is -1.20. The Bertz CT molecular complexity index is 365. The molecule has 1 aromatic carbocycles. The van der Waals surface area contributed by atoms with Gasteiger partial charge in [0.15, 0.2) is 0 Å². The lowest BCUT2D eigenvalue weighted by Crippen LogP contribution is -2.49. The largest absolute Gasteiger partial charge is 0.376 e. The van der Waals surface area contributed by atoms with E-state index in [1.165, 1.54) is 25.3 Å². The van der Waals surface area contributed by atoms with Crippen molar-refractivity contribution in [3.63, 3.8) is 0 Å². The predicted molar refractivity (Wildman–Crippen MR) is 56.9 cm³/mol. The van der Waals surface area contributed by atoms with Crippen LogP contribution in [0.15, 0.2) is 18.2 Å². The summed E-state index contributed by atoms with van der Waals surface area (Å²) in [4.78, 5) is 0. The molecular formula is C12H15F2NO. The van der Waals surface area contributed by atoms with Crippen LogP contribution in [-0.2, 0) is 4.74 Å². The van der Waals surface area contributed by atoms with Crippen molar-refractivity contribution in [1.82, 2.24) is 0 Å². The zero-order valence-electron chi connectivity index (χ0n) is 9.17. The van der Waals surface area contributed by atoms with E-state index in [0.29, 0.717) is 0 Å². The molecule has 2 N–H and O–H groups in total. The zero-order chi connectivity index (χ0) is 11.8. The topological polar surface area (TPSA) is 35.2 Å². The summed E-state index contributed by atoms with van der Waals surface area (Å²) >= 11 is 0. The van der Waals surface area contributed by atoms with Gasteiger partial charge in [-0.05, 0) is 31.4 Å². The first-order chi connectivity index (χ1) is 7.60. The average Bonchev–Trinajstić information content (AvgIpc) is 2.16. The van der Waals surface area contributed by atoms with E-state index in [1.807, 2.05) is 0 Å². The third-order valence-electron chi connectivity index (χ3n) is 3.48. The van der Waals surface area contributed by atoms with E-state index in [-0.39, 0.29) is 5.56 Å². The first kappa shape index (κ1) is 11.5. The Morgan fingerprint density at radius 2 is 1.88 bits per heavy atom. The molecule has 4 heteroatoms. The maximum absolute atomic E-state index is 13.6. The number of hydrogen-bond acceptors (Lipinski definition) is 2. The number of ether oxygens (including phenoxy) is 1. The lowest BCUT2D eigenvalue weighted by atomic mass is 9.72. The molecule has 2 nitrogen and oxygen atoms in total. The number of benzene rings is 1.